The molecule has 1 aromatic rings. The average molecular weight is 210 g/mol. The summed E-state index contributed by atoms with van der Waals surface area (Å²) in [5, 5.41) is 8.69. The largest absolute Gasteiger partial charge is 0.426 e. The molecule has 0 amide bonds. The molecule has 82 valence electrons. The average Bonchev–Trinajstić information content (AvgIpc) is 2.15. The van der Waals surface area contributed by atoms with Gasteiger partial charge in [0, 0.05) is 12.5 Å². The molecule has 0 heterocycles. The van der Waals surface area contributed by atoms with Crippen LogP contribution < -0.4 is 9.62 Å². The minimum Gasteiger partial charge on any atom is -0.426 e. The van der Waals surface area contributed by atoms with Crippen LogP contribution in [0.15, 0.2) is 18.2 Å². The van der Waals surface area contributed by atoms with Gasteiger partial charge in [0.05, 0.1) is 0 Å². The molecule has 0 unspecified atom stereocenters. The Bertz CT molecular complexity index is 358. The molecule has 4 heteroatoms. The number of hydrogen-bond donors (Lipinski definition) is 1. The van der Waals surface area contributed by atoms with E-state index in [4.69, 9.17) is 9.99 Å². The Morgan fingerprint density at radius 1 is 1.33 bits per heavy atom. The molecular weight excluding hydrogens is 196 g/mol. The third-order valence-corrected chi connectivity index (χ3v) is 1.96. The summed E-state index contributed by atoms with van der Waals surface area (Å²) in [6.07, 6.45) is 0. The van der Waals surface area contributed by atoms with Crippen molar-refractivity contribution in [3.8, 4) is 11.5 Å². The lowest BCUT2D eigenvalue weighted by atomic mass is 10.0. The zero-order valence-electron chi connectivity index (χ0n) is 8.98. The Morgan fingerprint density at radius 2 is 1.93 bits per heavy atom. The van der Waals surface area contributed by atoms with Gasteiger partial charge in [0.25, 0.3) is 0 Å². The van der Waals surface area contributed by atoms with Crippen molar-refractivity contribution in [2.75, 3.05) is 0 Å². The van der Waals surface area contributed by atoms with Gasteiger partial charge in [-0.1, -0.05) is 19.9 Å². The van der Waals surface area contributed by atoms with Gasteiger partial charge < -0.3 is 9.62 Å². The van der Waals surface area contributed by atoms with Gasteiger partial charge in [0.2, 0.25) is 0 Å². The lowest BCUT2D eigenvalue weighted by Gasteiger charge is -2.14. The van der Waals surface area contributed by atoms with E-state index < -0.39 is 5.97 Å². The van der Waals surface area contributed by atoms with Crippen LogP contribution in [0.3, 0.4) is 0 Å². The van der Waals surface area contributed by atoms with E-state index in [1.54, 1.807) is 18.2 Å². The first-order valence-corrected chi connectivity index (χ1v) is 4.69. The van der Waals surface area contributed by atoms with Crippen LogP contribution in [-0.4, -0.2) is 11.2 Å². The van der Waals surface area contributed by atoms with Crippen LogP contribution in [0, 0.1) is 0 Å². The summed E-state index contributed by atoms with van der Waals surface area (Å²) in [6.45, 7) is 5.17. The van der Waals surface area contributed by atoms with Crippen LogP contribution in [0.2, 0.25) is 0 Å². The van der Waals surface area contributed by atoms with Crippen LogP contribution in [0.4, 0.5) is 0 Å². The maximum atomic E-state index is 10.9. The van der Waals surface area contributed by atoms with Crippen LogP contribution in [0.1, 0.15) is 32.3 Å². The number of ether oxygens (including phenoxy) is 1. The van der Waals surface area contributed by atoms with Crippen molar-refractivity contribution < 1.29 is 19.7 Å². The van der Waals surface area contributed by atoms with E-state index in [9.17, 15) is 4.79 Å². The zero-order valence-corrected chi connectivity index (χ0v) is 8.98. The Morgan fingerprint density at radius 3 is 2.40 bits per heavy atom. The minimum atomic E-state index is -0.396. The smallest absolute Gasteiger partial charge is 0.308 e. The Labute approximate surface area is 88.4 Å². The Hall–Kier alpha value is -1.55. The maximum Gasteiger partial charge on any atom is 0.308 e. The molecule has 1 rings (SSSR count). The summed E-state index contributed by atoms with van der Waals surface area (Å²) in [5.41, 5.74) is 0.676. The van der Waals surface area contributed by atoms with Gasteiger partial charge in [-0.25, -0.2) is 5.26 Å². The number of rotatable bonds is 3. The number of hydrogen-bond acceptors (Lipinski definition) is 4. The summed E-state index contributed by atoms with van der Waals surface area (Å²) in [5.74, 6) is 0.419. The molecule has 0 atom stereocenters. The molecule has 0 saturated heterocycles. The molecular formula is C11H14O4. The third-order valence-electron chi connectivity index (χ3n) is 1.96. The molecule has 15 heavy (non-hydrogen) atoms. The van der Waals surface area contributed by atoms with E-state index in [1.807, 2.05) is 13.8 Å². The normalized spacial score (nSPS) is 10.2. The highest BCUT2D eigenvalue weighted by atomic mass is 17.1. The molecule has 0 aromatic heterocycles. The molecule has 0 aliphatic carbocycles. The Balaban J connectivity index is 3.19. The highest BCUT2D eigenvalue weighted by Crippen LogP contribution is 2.34. The summed E-state index contributed by atoms with van der Waals surface area (Å²) in [7, 11) is 0. The molecule has 0 fully saturated rings. The van der Waals surface area contributed by atoms with Crippen molar-refractivity contribution >= 4 is 5.97 Å². The lowest BCUT2D eigenvalue weighted by molar-refractivity contribution is -0.139. The second-order valence-electron chi connectivity index (χ2n) is 3.51. The van der Waals surface area contributed by atoms with E-state index in [1.165, 1.54) is 6.92 Å². The van der Waals surface area contributed by atoms with Crippen molar-refractivity contribution in [1.82, 2.24) is 0 Å². The molecule has 0 spiro atoms. The van der Waals surface area contributed by atoms with Gasteiger partial charge in [-0.2, -0.15) is 0 Å². The van der Waals surface area contributed by atoms with Crippen LogP contribution in [-0.2, 0) is 4.79 Å². The van der Waals surface area contributed by atoms with Crippen LogP contribution >= 0.6 is 0 Å². The Kier molecular flexibility index (Phi) is 3.68. The molecule has 0 radical (unpaired) electrons. The minimum absolute atomic E-state index is 0.0858. The second kappa shape index (κ2) is 4.79. The predicted octanol–water partition coefficient (Wildman–Crippen LogP) is 2.59. The van der Waals surface area contributed by atoms with Gasteiger partial charge in [-0.05, 0) is 18.1 Å². The van der Waals surface area contributed by atoms with Gasteiger partial charge in [-0.15, -0.1) is 0 Å². The SMILES string of the molecule is CC(=O)Oc1cccc(OO)c1C(C)C. The van der Waals surface area contributed by atoms with Crippen molar-refractivity contribution in [2.45, 2.75) is 26.7 Å². The van der Waals surface area contributed by atoms with E-state index in [0.29, 0.717) is 17.1 Å². The molecule has 0 aliphatic rings. The topological polar surface area (TPSA) is 55.8 Å². The standard InChI is InChI=1S/C11H14O4/c1-7(2)11-9(14-8(3)12)5-4-6-10(11)15-13/h4-7,13H,1-3H3. The molecule has 1 N–H and O–H groups in total. The molecule has 0 bridgehead atoms. The van der Waals surface area contributed by atoms with Gasteiger partial charge >= 0.3 is 5.97 Å². The molecule has 0 saturated carbocycles. The maximum absolute atomic E-state index is 10.9. The molecule has 1 aromatic carbocycles. The summed E-state index contributed by atoms with van der Waals surface area (Å²) >= 11 is 0. The first-order chi connectivity index (χ1) is 7.06. The first-order valence-electron chi connectivity index (χ1n) is 4.69. The van der Waals surface area contributed by atoms with E-state index in [0.717, 1.165) is 0 Å². The van der Waals surface area contributed by atoms with Crippen molar-refractivity contribution in [1.29, 1.82) is 0 Å². The number of carbonyl (C=O) groups is 1. The highest BCUT2D eigenvalue weighted by molar-refractivity contribution is 5.70. The predicted molar refractivity (Wildman–Crippen MR) is 55.1 cm³/mol. The molecule has 4 nitrogen and oxygen atoms in total. The van der Waals surface area contributed by atoms with Gasteiger partial charge in [0.1, 0.15) is 5.75 Å². The number of benzene rings is 1. The lowest BCUT2D eigenvalue weighted by Crippen LogP contribution is -2.06. The van der Waals surface area contributed by atoms with E-state index >= 15 is 0 Å². The second-order valence-corrected chi connectivity index (χ2v) is 3.51. The van der Waals surface area contributed by atoms with Gasteiger partial charge in [0.15, 0.2) is 5.75 Å². The number of carbonyl (C=O) groups excluding carboxylic acids is 1. The van der Waals surface area contributed by atoms with Crippen molar-refractivity contribution in [3.63, 3.8) is 0 Å². The third kappa shape index (κ3) is 2.70. The van der Waals surface area contributed by atoms with Crippen LogP contribution in [0.5, 0.6) is 11.5 Å². The van der Waals surface area contributed by atoms with Crippen LogP contribution in [0.25, 0.3) is 0 Å². The summed E-state index contributed by atoms with van der Waals surface area (Å²) in [4.78, 5) is 15.1. The van der Waals surface area contributed by atoms with E-state index in [-0.39, 0.29) is 5.92 Å². The quantitative estimate of drug-likeness (QED) is 0.360. The highest BCUT2D eigenvalue weighted by Gasteiger charge is 2.15. The zero-order chi connectivity index (χ0) is 11.4. The first kappa shape index (κ1) is 11.5. The monoisotopic (exact) mass is 210 g/mol. The van der Waals surface area contributed by atoms with Gasteiger partial charge in [-0.3, -0.25) is 4.79 Å². The summed E-state index contributed by atoms with van der Waals surface area (Å²) < 4.78 is 5.02. The number of esters is 1. The fourth-order valence-corrected chi connectivity index (χ4v) is 1.42. The fourth-order valence-electron chi connectivity index (χ4n) is 1.42. The van der Waals surface area contributed by atoms with Crippen molar-refractivity contribution in [3.05, 3.63) is 23.8 Å². The summed E-state index contributed by atoms with van der Waals surface area (Å²) in [6, 6.07) is 4.93. The fraction of sp³-hybridized carbons (Fsp3) is 0.364. The van der Waals surface area contributed by atoms with Crippen molar-refractivity contribution in [2.24, 2.45) is 0 Å². The van der Waals surface area contributed by atoms with E-state index in [2.05, 4.69) is 4.89 Å². The molecule has 0 aliphatic heterocycles.